The van der Waals surface area contributed by atoms with Crippen molar-refractivity contribution < 1.29 is 23.6 Å². The zero-order valence-electron chi connectivity index (χ0n) is 16.2. The molecule has 3 aliphatic heterocycles. The molecule has 4 rings (SSSR count). The van der Waals surface area contributed by atoms with Crippen LogP contribution in [-0.2, 0) is 24.7 Å². The van der Waals surface area contributed by atoms with Crippen molar-refractivity contribution in [3.63, 3.8) is 0 Å². The maximum absolute atomic E-state index is 14.1. The lowest BCUT2D eigenvalue weighted by Crippen LogP contribution is -2.54. The van der Waals surface area contributed by atoms with Gasteiger partial charge in [-0.2, -0.15) is 0 Å². The van der Waals surface area contributed by atoms with Gasteiger partial charge in [-0.25, -0.2) is 4.39 Å². The molecule has 5 atom stereocenters. The smallest absolute Gasteiger partial charge is 0.250 e. The van der Waals surface area contributed by atoms with Gasteiger partial charge in [0.15, 0.2) is 0 Å². The highest BCUT2D eigenvalue weighted by Gasteiger charge is 2.70. The third kappa shape index (κ3) is 2.60. The second kappa shape index (κ2) is 6.62. The number of primary amides is 1. The molecule has 0 unspecified atom stereocenters. The average Bonchev–Trinajstić information content (AvgIpc) is 3.25. The fourth-order valence-electron chi connectivity index (χ4n) is 4.96. The Bertz CT molecular complexity index is 935. The fourth-order valence-corrected chi connectivity index (χ4v) is 4.96. The Balaban J connectivity index is 1.85. The minimum absolute atomic E-state index is 0.000600. The van der Waals surface area contributed by atoms with E-state index in [1.165, 1.54) is 23.1 Å². The number of hydrogen-bond acceptors (Lipinski definition) is 5. The number of likely N-dealkylation sites (tertiary alicyclic amines) is 1. The van der Waals surface area contributed by atoms with E-state index in [1.54, 1.807) is 6.92 Å². The molecule has 0 radical (unpaired) electrons. The van der Waals surface area contributed by atoms with Crippen molar-refractivity contribution in [2.24, 2.45) is 17.6 Å². The van der Waals surface area contributed by atoms with Gasteiger partial charge < -0.3 is 11.1 Å². The summed E-state index contributed by atoms with van der Waals surface area (Å²) < 4.78 is 14.1. The summed E-state index contributed by atoms with van der Waals surface area (Å²) in [5.41, 5.74) is 4.44. The SMILES string of the molecule is CC[C@@H](C)N1C(=O)[C@H]2[C@@H](C1=O)[C@]1(N[C@@H]2CCC(N)=O)C(=O)Nc2ccc(F)cc21. The predicted molar refractivity (Wildman–Crippen MR) is 101 cm³/mol. The molecular formula is C20H23FN4O4. The Hall–Kier alpha value is -2.81. The van der Waals surface area contributed by atoms with Gasteiger partial charge in [-0.05, 0) is 38.0 Å². The quantitative estimate of drug-likeness (QED) is 0.623. The number of rotatable bonds is 5. The number of halogens is 1. The van der Waals surface area contributed by atoms with E-state index in [4.69, 9.17) is 5.73 Å². The van der Waals surface area contributed by atoms with Crippen molar-refractivity contribution in [1.29, 1.82) is 0 Å². The average molecular weight is 402 g/mol. The molecule has 1 aromatic carbocycles. The van der Waals surface area contributed by atoms with Gasteiger partial charge in [0.2, 0.25) is 23.6 Å². The summed E-state index contributed by atoms with van der Waals surface area (Å²) in [4.78, 5) is 52.3. The van der Waals surface area contributed by atoms with Gasteiger partial charge in [0.05, 0.1) is 11.8 Å². The van der Waals surface area contributed by atoms with E-state index in [9.17, 15) is 23.6 Å². The number of nitrogens with zero attached hydrogens (tertiary/aromatic N) is 1. The Morgan fingerprint density at radius 3 is 2.69 bits per heavy atom. The molecule has 9 heteroatoms. The highest BCUT2D eigenvalue weighted by atomic mass is 19.1. The summed E-state index contributed by atoms with van der Waals surface area (Å²) >= 11 is 0. The summed E-state index contributed by atoms with van der Waals surface area (Å²) in [5, 5.41) is 5.85. The van der Waals surface area contributed by atoms with Crippen LogP contribution < -0.4 is 16.4 Å². The molecule has 154 valence electrons. The number of nitrogens with two attached hydrogens (primary N) is 1. The van der Waals surface area contributed by atoms with Crippen molar-refractivity contribution in [1.82, 2.24) is 10.2 Å². The molecule has 0 bridgehead atoms. The van der Waals surface area contributed by atoms with Crippen molar-refractivity contribution >= 4 is 29.3 Å². The number of nitrogens with one attached hydrogen (secondary N) is 2. The summed E-state index contributed by atoms with van der Waals surface area (Å²) in [5.74, 6) is -4.24. The van der Waals surface area contributed by atoms with Gasteiger partial charge in [0, 0.05) is 29.8 Å². The summed E-state index contributed by atoms with van der Waals surface area (Å²) in [6.45, 7) is 3.64. The van der Waals surface area contributed by atoms with Gasteiger partial charge in [-0.3, -0.25) is 29.4 Å². The third-order valence-electron chi connectivity index (χ3n) is 6.44. The molecule has 0 aliphatic carbocycles. The maximum Gasteiger partial charge on any atom is 0.250 e. The Morgan fingerprint density at radius 2 is 2.03 bits per heavy atom. The van der Waals surface area contributed by atoms with Crippen LogP contribution in [0.1, 0.15) is 38.7 Å². The number of benzene rings is 1. The predicted octanol–water partition coefficient (Wildman–Crippen LogP) is 0.610. The van der Waals surface area contributed by atoms with Crippen LogP contribution in [0, 0.1) is 17.7 Å². The van der Waals surface area contributed by atoms with Crippen molar-refractivity contribution in [2.75, 3.05) is 5.32 Å². The van der Waals surface area contributed by atoms with Crippen LogP contribution in [0.25, 0.3) is 0 Å². The molecule has 3 aliphatic rings. The first kappa shape index (κ1) is 19.5. The van der Waals surface area contributed by atoms with E-state index in [-0.39, 0.29) is 24.8 Å². The van der Waals surface area contributed by atoms with E-state index in [1.807, 2.05) is 6.92 Å². The zero-order valence-corrected chi connectivity index (χ0v) is 16.2. The Morgan fingerprint density at radius 1 is 1.31 bits per heavy atom. The van der Waals surface area contributed by atoms with E-state index in [0.29, 0.717) is 17.7 Å². The maximum atomic E-state index is 14.1. The number of carbonyl (C=O) groups is 4. The number of amides is 4. The Kier molecular flexibility index (Phi) is 4.45. The van der Waals surface area contributed by atoms with Crippen LogP contribution in [-0.4, -0.2) is 40.6 Å². The molecule has 2 fully saturated rings. The van der Waals surface area contributed by atoms with Gasteiger partial charge in [0.25, 0.3) is 0 Å². The van der Waals surface area contributed by atoms with Crippen LogP contribution in [0.15, 0.2) is 18.2 Å². The van der Waals surface area contributed by atoms with Gasteiger partial charge in [-0.15, -0.1) is 0 Å². The van der Waals surface area contributed by atoms with E-state index in [2.05, 4.69) is 10.6 Å². The summed E-state index contributed by atoms with van der Waals surface area (Å²) in [7, 11) is 0. The van der Waals surface area contributed by atoms with Gasteiger partial charge in [-0.1, -0.05) is 6.92 Å². The third-order valence-corrected chi connectivity index (χ3v) is 6.44. The molecule has 4 N–H and O–H groups in total. The minimum Gasteiger partial charge on any atom is -0.370 e. The molecule has 1 spiro atoms. The highest BCUT2D eigenvalue weighted by Crippen LogP contribution is 2.53. The van der Waals surface area contributed by atoms with Crippen molar-refractivity contribution in [2.45, 2.75) is 50.7 Å². The first-order valence-corrected chi connectivity index (χ1v) is 9.76. The lowest BCUT2D eigenvalue weighted by Gasteiger charge is -2.31. The zero-order chi connectivity index (χ0) is 21.1. The normalized spacial score (nSPS) is 31.2. The molecule has 4 amide bonds. The molecule has 0 aromatic heterocycles. The molecular weight excluding hydrogens is 379 g/mol. The van der Waals surface area contributed by atoms with Crippen LogP contribution in [0.2, 0.25) is 0 Å². The number of anilines is 1. The lowest BCUT2D eigenvalue weighted by atomic mass is 9.76. The summed E-state index contributed by atoms with van der Waals surface area (Å²) in [6, 6.07) is 2.95. The number of imide groups is 1. The lowest BCUT2D eigenvalue weighted by molar-refractivity contribution is -0.145. The van der Waals surface area contributed by atoms with Gasteiger partial charge >= 0.3 is 0 Å². The van der Waals surface area contributed by atoms with E-state index >= 15 is 0 Å². The second-order valence-electron chi connectivity index (χ2n) is 8.02. The van der Waals surface area contributed by atoms with E-state index < -0.39 is 47.0 Å². The first-order valence-electron chi connectivity index (χ1n) is 9.76. The molecule has 1 aromatic rings. The first-order chi connectivity index (χ1) is 13.7. The highest BCUT2D eigenvalue weighted by molar-refractivity contribution is 6.15. The van der Waals surface area contributed by atoms with Crippen LogP contribution in [0.4, 0.5) is 10.1 Å². The van der Waals surface area contributed by atoms with E-state index in [0.717, 1.165) is 0 Å². The van der Waals surface area contributed by atoms with Crippen LogP contribution >= 0.6 is 0 Å². The molecule has 2 saturated heterocycles. The second-order valence-corrected chi connectivity index (χ2v) is 8.02. The van der Waals surface area contributed by atoms with Crippen molar-refractivity contribution in [3.05, 3.63) is 29.6 Å². The molecule has 8 nitrogen and oxygen atoms in total. The number of fused-ring (bicyclic) bond motifs is 4. The minimum atomic E-state index is -1.56. The fraction of sp³-hybridized carbons (Fsp3) is 0.500. The number of carbonyl (C=O) groups excluding carboxylic acids is 4. The van der Waals surface area contributed by atoms with Crippen LogP contribution in [0.5, 0.6) is 0 Å². The van der Waals surface area contributed by atoms with Gasteiger partial charge in [0.1, 0.15) is 11.4 Å². The Labute approximate surface area is 167 Å². The number of hydrogen-bond donors (Lipinski definition) is 3. The topological polar surface area (TPSA) is 122 Å². The molecule has 29 heavy (non-hydrogen) atoms. The summed E-state index contributed by atoms with van der Waals surface area (Å²) in [6.07, 6.45) is 0.768. The van der Waals surface area contributed by atoms with Crippen molar-refractivity contribution in [3.8, 4) is 0 Å². The monoisotopic (exact) mass is 402 g/mol. The molecule has 0 saturated carbocycles. The van der Waals surface area contributed by atoms with Crippen LogP contribution in [0.3, 0.4) is 0 Å². The largest absolute Gasteiger partial charge is 0.370 e. The molecule has 3 heterocycles. The standard InChI is InChI=1S/C20H23FN4O4/c1-3-9(2)25-17(27)15-13(6-7-14(22)26)24-20(16(15)18(25)28)11-8-10(21)4-5-12(11)23-19(20)29/h4-5,8-9,13,15-16,24H,3,6-7H2,1-2H3,(H2,22,26)(H,23,29)/t9-,13-,15-,16+,20+/m1/s1.